The number of benzene rings is 1. The van der Waals surface area contributed by atoms with Crippen LogP contribution in [-0.2, 0) is 16.6 Å². The molecule has 0 saturated carbocycles. The lowest BCUT2D eigenvalue weighted by Gasteiger charge is -2.23. The second-order valence-electron chi connectivity index (χ2n) is 8.80. The van der Waals surface area contributed by atoms with Crippen LogP contribution in [0.3, 0.4) is 0 Å². The summed E-state index contributed by atoms with van der Waals surface area (Å²) in [4.78, 5) is 39.4. The molecule has 0 spiro atoms. The van der Waals surface area contributed by atoms with E-state index in [9.17, 15) is 9.59 Å². The average Bonchev–Trinajstić information content (AvgIpc) is 3.29. The van der Waals surface area contributed by atoms with Gasteiger partial charge in [0.15, 0.2) is 5.82 Å². The number of pyridine rings is 1. The van der Waals surface area contributed by atoms with Crippen molar-refractivity contribution < 1.29 is 14.3 Å². The van der Waals surface area contributed by atoms with Gasteiger partial charge in [0, 0.05) is 62.5 Å². The predicted molar refractivity (Wildman–Crippen MR) is 153 cm³/mol. The normalized spacial score (nSPS) is 10.7. The van der Waals surface area contributed by atoms with Crippen molar-refractivity contribution in [3.8, 4) is 17.1 Å². The molecule has 0 radical (unpaired) electrons. The molecule has 2 amide bonds. The molecule has 0 aliphatic heterocycles. The predicted octanol–water partition coefficient (Wildman–Crippen LogP) is 3.87. The van der Waals surface area contributed by atoms with Crippen molar-refractivity contribution in [3.05, 3.63) is 61.4 Å². The van der Waals surface area contributed by atoms with Gasteiger partial charge in [0.2, 0.25) is 23.6 Å². The van der Waals surface area contributed by atoms with Crippen LogP contribution in [0.5, 0.6) is 5.88 Å². The van der Waals surface area contributed by atoms with Crippen LogP contribution >= 0.6 is 0 Å². The molecule has 4 rings (SSSR count). The summed E-state index contributed by atoms with van der Waals surface area (Å²) >= 11 is 0. The molecule has 0 aliphatic rings. The summed E-state index contributed by atoms with van der Waals surface area (Å²) < 4.78 is 7.63. The van der Waals surface area contributed by atoms with Gasteiger partial charge in [-0.2, -0.15) is 4.98 Å². The molecular weight excluding hydrogens is 496 g/mol. The number of fused-ring (bicyclic) bond motifs is 1. The SMILES string of the molecule is C=CC(=O)Nc1cc(Nc2nccc(-c3cn(C)c4ccccc34)n2)c(OC)nc1N(C)CCNC(=O)CC. The highest BCUT2D eigenvalue weighted by Crippen LogP contribution is 2.35. The van der Waals surface area contributed by atoms with E-state index in [4.69, 9.17) is 9.72 Å². The Bertz CT molecular complexity index is 1510. The van der Waals surface area contributed by atoms with E-state index in [1.807, 2.05) is 43.4 Å². The van der Waals surface area contributed by atoms with E-state index in [0.717, 1.165) is 22.2 Å². The minimum atomic E-state index is -0.393. The number of para-hydroxylation sites is 1. The first-order valence-corrected chi connectivity index (χ1v) is 12.5. The van der Waals surface area contributed by atoms with Crippen molar-refractivity contribution in [3.63, 3.8) is 0 Å². The zero-order chi connectivity index (χ0) is 27.9. The Morgan fingerprint density at radius 3 is 2.72 bits per heavy atom. The first kappa shape index (κ1) is 27.1. The molecule has 1 aromatic carbocycles. The van der Waals surface area contributed by atoms with Crippen LogP contribution < -0.4 is 25.6 Å². The Hall–Kier alpha value is -4.93. The topological polar surface area (TPSA) is 126 Å². The lowest BCUT2D eigenvalue weighted by Crippen LogP contribution is -2.33. The summed E-state index contributed by atoms with van der Waals surface area (Å²) in [5, 5.41) is 9.90. The molecule has 3 aromatic heterocycles. The zero-order valence-corrected chi connectivity index (χ0v) is 22.5. The maximum Gasteiger partial charge on any atom is 0.247 e. The van der Waals surface area contributed by atoms with Crippen molar-refractivity contribution in [1.29, 1.82) is 0 Å². The second-order valence-corrected chi connectivity index (χ2v) is 8.80. The summed E-state index contributed by atoms with van der Waals surface area (Å²) in [6, 6.07) is 11.7. The maximum absolute atomic E-state index is 12.2. The van der Waals surface area contributed by atoms with Crippen LogP contribution in [0.2, 0.25) is 0 Å². The number of hydrogen-bond donors (Lipinski definition) is 3. The Morgan fingerprint density at radius 1 is 1.18 bits per heavy atom. The quantitative estimate of drug-likeness (QED) is 0.251. The molecule has 0 saturated heterocycles. The molecule has 0 unspecified atom stereocenters. The minimum Gasteiger partial charge on any atom is -0.479 e. The number of carbonyl (C=O) groups is 2. The average molecular weight is 529 g/mol. The van der Waals surface area contributed by atoms with Gasteiger partial charge in [-0.05, 0) is 24.3 Å². The molecule has 0 atom stereocenters. The fourth-order valence-electron chi connectivity index (χ4n) is 4.13. The lowest BCUT2D eigenvalue weighted by molar-refractivity contribution is -0.120. The van der Waals surface area contributed by atoms with Crippen molar-refractivity contribution in [2.45, 2.75) is 13.3 Å². The summed E-state index contributed by atoms with van der Waals surface area (Å²) in [6.45, 7) is 6.21. The molecule has 0 fully saturated rings. The maximum atomic E-state index is 12.2. The number of methoxy groups -OCH3 is 1. The van der Waals surface area contributed by atoms with E-state index < -0.39 is 5.91 Å². The summed E-state index contributed by atoms with van der Waals surface area (Å²) in [7, 11) is 5.32. The Labute approximate surface area is 226 Å². The van der Waals surface area contributed by atoms with E-state index in [1.165, 1.54) is 13.2 Å². The van der Waals surface area contributed by atoms with Crippen molar-refractivity contribution in [2.24, 2.45) is 7.05 Å². The van der Waals surface area contributed by atoms with Crippen LogP contribution in [0, 0.1) is 0 Å². The molecule has 0 bridgehead atoms. The van der Waals surface area contributed by atoms with Crippen molar-refractivity contribution in [1.82, 2.24) is 24.8 Å². The van der Waals surface area contributed by atoms with Gasteiger partial charge in [0.25, 0.3) is 0 Å². The van der Waals surface area contributed by atoms with Gasteiger partial charge in [-0.3, -0.25) is 9.59 Å². The molecule has 0 aliphatic carbocycles. The van der Waals surface area contributed by atoms with E-state index in [0.29, 0.717) is 42.7 Å². The second kappa shape index (κ2) is 12.1. The largest absolute Gasteiger partial charge is 0.479 e. The van der Waals surface area contributed by atoms with Gasteiger partial charge >= 0.3 is 0 Å². The molecule has 3 heterocycles. The summed E-state index contributed by atoms with van der Waals surface area (Å²) in [5.41, 5.74) is 3.72. The fraction of sp³-hybridized carbons (Fsp3) is 0.250. The first-order valence-electron chi connectivity index (χ1n) is 12.5. The van der Waals surface area contributed by atoms with E-state index >= 15 is 0 Å². The van der Waals surface area contributed by atoms with Crippen LogP contribution in [-0.4, -0.2) is 58.6 Å². The number of anilines is 4. The van der Waals surface area contributed by atoms with E-state index in [1.54, 1.807) is 19.2 Å². The number of likely N-dealkylation sites (N-methyl/N-ethyl adjacent to an activating group) is 1. The first-order chi connectivity index (χ1) is 18.8. The van der Waals surface area contributed by atoms with Crippen LogP contribution in [0.1, 0.15) is 13.3 Å². The standard InChI is InChI=1S/C28H32N8O3/c1-6-24(37)29-14-15-35(3)26-21(31-25(38)7-2)16-22(27(34-26)39-5)33-28-30-13-12-20(32-28)19-17-36(4)23-11-9-8-10-18(19)23/h7-13,16-17H,2,6,14-15H2,1,3-5H3,(H,29,37)(H,31,38)(H,30,32,33). The van der Waals surface area contributed by atoms with Crippen LogP contribution in [0.4, 0.5) is 23.1 Å². The zero-order valence-electron chi connectivity index (χ0n) is 22.5. The van der Waals surface area contributed by atoms with E-state index in [-0.39, 0.29) is 11.8 Å². The van der Waals surface area contributed by atoms with Gasteiger partial charge in [-0.15, -0.1) is 0 Å². The van der Waals surface area contributed by atoms with Gasteiger partial charge in [-0.25, -0.2) is 9.97 Å². The highest BCUT2D eigenvalue weighted by molar-refractivity contribution is 6.01. The molecule has 39 heavy (non-hydrogen) atoms. The number of aromatic nitrogens is 4. The number of nitrogens with one attached hydrogen (secondary N) is 3. The van der Waals surface area contributed by atoms with Gasteiger partial charge in [-0.1, -0.05) is 31.7 Å². The highest BCUT2D eigenvalue weighted by atomic mass is 16.5. The van der Waals surface area contributed by atoms with E-state index in [2.05, 4.69) is 49.2 Å². The highest BCUT2D eigenvalue weighted by Gasteiger charge is 2.19. The Morgan fingerprint density at radius 2 is 1.97 bits per heavy atom. The Kier molecular flexibility index (Phi) is 8.40. The van der Waals surface area contributed by atoms with Gasteiger partial charge in [0.05, 0.1) is 18.5 Å². The third kappa shape index (κ3) is 6.15. The molecule has 202 valence electrons. The van der Waals surface area contributed by atoms with Crippen molar-refractivity contribution in [2.75, 3.05) is 42.8 Å². The fourth-order valence-corrected chi connectivity index (χ4v) is 4.13. The number of hydrogen-bond acceptors (Lipinski definition) is 8. The number of carbonyl (C=O) groups excluding carboxylic acids is 2. The summed E-state index contributed by atoms with van der Waals surface area (Å²) in [6.07, 6.45) is 5.30. The third-order valence-corrected chi connectivity index (χ3v) is 6.13. The molecular formula is C28H32N8O3. The number of aryl methyl sites for hydroxylation is 1. The Balaban J connectivity index is 1.66. The smallest absolute Gasteiger partial charge is 0.247 e. The monoisotopic (exact) mass is 528 g/mol. The number of amides is 2. The number of nitrogens with zero attached hydrogens (tertiary/aromatic N) is 5. The third-order valence-electron chi connectivity index (χ3n) is 6.13. The van der Waals surface area contributed by atoms with Crippen molar-refractivity contribution >= 4 is 45.9 Å². The molecule has 4 aromatic rings. The molecule has 11 nitrogen and oxygen atoms in total. The van der Waals surface area contributed by atoms with Gasteiger partial charge in [0.1, 0.15) is 5.69 Å². The van der Waals surface area contributed by atoms with Crippen LogP contribution in [0.15, 0.2) is 61.4 Å². The minimum absolute atomic E-state index is 0.0422. The summed E-state index contributed by atoms with van der Waals surface area (Å²) in [5.74, 6) is 0.648. The van der Waals surface area contributed by atoms with Crippen LogP contribution in [0.25, 0.3) is 22.2 Å². The number of rotatable bonds is 11. The van der Waals surface area contributed by atoms with Gasteiger partial charge < -0.3 is 30.2 Å². The number of ether oxygens (including phenoxy) is 1. The lowest BCUT2D eigenvalue weighted by atomic mass is 10.1. The molecule has 3 N–H and O–H groups in total. The molecule has 11 heteroatoms.